The molecule has 2 rings (SSSR count). The fourth-order valence-corrected chi connectivity index (χ4v) is 4.11. The van der Waals surface area contributed by atoms with Gasteiger partial charge in [-0.2, -0.15) is 0 Å². The van der Waals surface area contributed by atoms with Gasteiger partial charge in [-0.25, -0.2) is 0 Å². The Hall–Kier alpha value is -0.680. The molecule has 0 saturated carbocycles. The van der Waals surface area contributed by atoms with Crippen LogP contribution in [0.4, 0.5) is 5.69 Å². The first-order chi connectivity index (χ1) is 8.09. The van der Waals surface area contributed by atoms with Gasteiger partial charge in [0.25, 0.3) is 0 Å². The third-order valence-electron chi connectivity index (χ3n) is 2.97. The molecular weight excluding hydrogens is 302 g/mol. The lowest BCUT2D eigenvalue weighted by Gasteiger charge is -2.36. The van der Waals surface area contributed by atoms with E-state index in [1.807, 2.05) is 19.2 Å². The predicted molar refractivity (Wildman–Crippen MR) is 73.9 cm³/mol. The number of para-hydroxylation sites is 1. The summed E-state index contributed by atoms with van der Waals surface area (Å²) in [5.41, 5.74) is 1.18. The monoisotopic (exact) mass is 315 g/mol. The number of carboxylic acids is 1. The van der Waals surface area contributed by atoms with Crippen LogP contribution >= 0.6 is 27.7 Å². The smallest absolute Gasteiger partial charge is 0.303 e. The summed E-state index contributed by atoms with van der Waals surface area (Å²) in [5, 5.41) is 8.75. The lowest BCUT2D eigenvalue weighted by Crippen LogP contribution is -2.37. The molecule has 0 fully saturated rings. The molecule has 3 nitrogen and oxygen atoms in total. The molecule has 92 valence electrons. The van der Waals surface area contributed by atoms with Gasteiger partial charge in [-0.05, 0) is 34.5 Å². The Morgan fingerprint density at radius 3 is 3.12 bits per heavy atom. The van der Waals surface area contributed by atoms with E-state index in [9.17, 15) is 4.79 Å². The van der Waals surface area contributed by atoms with Crippen LogP contribution in [0.2, 0.25) is 0 Å². The minimum atomic E-state index is -0.721. The number of nitrogens with zero attached hydrogens (tertiary/aromatic N) is 1. The molecule has 0 aromatic heterocycles. The van der Waals surface area contributed by atoms with Gasteiger partial charge in [-0.15, -0.1) is 11.8 Å². The topological polar surface area (TPSA) is 40.5 Å². The molecule has 1 aliphatic rings. The Morgan fingerprint density at radius 1 is 1.65 bits per heavy atom. The highest BCUT2D eigenvalue weighted by molar-refractivity contribution is 9.10. The van der Waals surface area contributed by atoms with E-state index in [1.165, 1.54) is 10.6 Å². The number of rotatable bonds is 3. The lowest BCUT2D eigenvalue weighted by atomic mass is 10.1. The number of anilines is 1. The Bertz CT molecular complexity index is 439. The van der Waals surface area contributed by atoms with E-state index < -0.39 is 5.97 Å². The van der Waals surface area contributed by atoms with Gasteiger partial charge >= 0.3 is 5.97 Å². The summed E-state index contributed by atoms with van der Waals surface area (Å²) in [6.07, 6.45) is 0.926. The molecule has 5 heteroatoms. The van der Waals surface area contributed by atoms with Gasteiger partial charge in [-0.1, -0.05) is 6.07 Å². The largest absolute Gasteiger partial charge is 0.481 e. The van der Waals surface area contributed by atoms with Gasteiger partial charge in [0.15, 0.2) is 0 Å². The van der Waals surface area contributed by atoms with E-state index in [1.54, 1.807) is 11.8 Å². The zero-order valence-corrected chi connectivity index (χ0v) is 11.9. The maximum Gasteiger partial charge on any atom is 0.303 e. The first-order valence-electron chi connectivity index (χ1n) is 5.45. The Labute approximate surface area is 113 Å². The van der Waals surface area contributed by atoms with Crippen molar-refractivity contribution in [2.45, 2.75) is 23.8 Å². The average molecular weight is 316 g/mol. The summed E-state index contributed by atoms with van der Waals surface area (Å²) < 4.78 is 1.07. The highest BCUT2D eigenvalue weighted by Gasteiger charge is 2.25. The predicted octanol–water partition coefficient (Wildman–Crippen LogP) is 3.22. The number of halogens is 1. The molecule has 0 saturated heterocycles. The van der Waals surface area contributed by atoms with Crippen molar-refractivity contribution in [3.63, 3.8) is 0 Å². The number of aliphatic carboxylic acids is 1. The number of carbonyl (C=O) groups is 1. The SMILES string of the molecule is CN1c2c(Br)cccc2SCC1CCC(=O)O. The zero-order chi connectivity index (χ0) is 12.4. The number of hydrogen-bond acceptors (Lipinski definition) is 3. The molecular formula is C12H14BrNO2S. The van der Waals surface area contributed by atoms with Crippen LogP contribution in [0.5, 0.6) is 0 Å². The standard InChI is InChI=1S/C12H14BrNO2S/c1-14-8(5-6-11(15)16)7-17-10-4-2-3-9(13)12(10)14/h2-4,8H,5-7H2,1H3,(H,15,16). The summed E-state index contributed by atoms with van der Waals surface area (Å²) in [6.45, 7) is 0. The molecule has 0 bridgehead atoms. The molecule has 1 heterocycles. The van der Waals surface area contributed by atoms with E-state index in [0.29, 0.717) is 12.5 Å². The Morgan fingerprint density at radius 2 is 2.41 bits per heavy atom. The summed E-state index contributed by atoms with van der Waals surface area (Å²) in [4.78, 5) is 14.1. The van der Waals surface area contributed by atoms with Crippen LogP contribution in [0.1, 0.15) is 12.8 Å². The van der Waals surface area contributed by atoms with Crippen molar-refractivity contribution in [1.82, 2.24) is 0 Å². The van der Waals surface area contributed by atoms with E-state index in [-0.39, 0.29) is 6.42 Å². The molecule has 0 aliphatic carbocycles. The molecule has 1 unspecified atom stereocenters. The van der Waals surface area contributed by atoms with Crippen molar-refractivity contribution in [2.75, 3.05) is 17.7 Å². The molecule has 1 N–H and O–H groups in total. The van der Waals surface area contributed by atoms with Crippen molar-refractivity contribution in [3.05, 3.63) is 22.7 Å². The summed E-state index contributed by atoms with van der Waals surface area (Å²) >= 11 is 5.36. The number of benzene rings is 1. The average Bonchev–Trinajstić information content (AvgIpc) is 2.28. The molecule has 1 aromatic carbocycles. The fourth-order valence-electron chi connectivity index (χ4n) is 2.00. The first kappa shape index (κ1) is 12.8. The van der Waals surface area contributed by atoms with E-state index >= 15 is 0 Å². The lowest BCUT2D eigenvalue weighted by molar-refractivity contribution is -0.137. The normalized spacial score (nSPS) is 18.9. The molecule has 0 spiro atoms. The van der Waals surface area contributed by atoms with Gasteiger partial charge in [0.1, 0.15) is 0 Å². The van der Waals surface area contributed by atoms with E-state index in [4.69, 9.17) is 5.11 Å². The van der Waals surface area contributed by atoms with E-state index in [0.717, 1.165) is 10.2 Å². The van der Waals surface area contributed by atoms with Crippen LogP contribution in [-0.2, 0) is 4.79 Å². The van der Waals surface area contributed by atoms with Crippen LogP contribution in [0.25, 0.3) is 0 Å². The van der Waals surface area contributed by atoms with Crippen molar-refractivity contribution >= 4 is 39.3 Å². The maximum atomic E-state index is 10.6. The first-order valence-corrected chi connectivity index (χ1v) is 7.23. The van der Waals surface area contributed by atoms with Crippen LogP contribution in [0, 0.1) is 0 Å². The van der Waals surface area contributed by atoms with Crippen LogP contribution < -0.4 is 4.90 Å². The van der Waals surface area contributed by atoms with Crippen molar-refractivity contribution < 1.29 is 9.90 Å². The number of fused-ring (bicyclic) bond motifs is 1. The highest BCUT2D eigenvalue weighted by Crippen LogP contribution is 2.42. The molecule has 0 amide bonds. The molecule has 17 heavy (non-hydrogen) atoms. The van der Waals surface area contributed by atoms with Crippen LogP contribution in [0.15, 0.2) is 27.6 Å². The van der Waals surface area contributed by atoms with E-state index in [2.05, 4.69) is 26.9 Å². The highest BCUT2D eigenvalue weighted by atomic mass is 79.9. The number of carboxylic acid groups (broad SMARTS) is 1. The summed E-state index contributed by atoms with van der Waals surface area (Å²) in [6, 6.07) is 6.45. The molecule has 0 radical (unpaired) electrons. The molecule has 1 aromatic rings. The second kappa shape index (κ2) is 5.31. The third-order valence-corrected chi connectivity index (χ3v) is 4.80. The molecule has 1 atom stereocenters. The quantitative estimate of drug-likeness (QED) is 0.929. The maximum absolute atomic E-state index is 10.6. The van der Waals surface area contributed by atoms with Crippen molar-refractivity contribution in [1.29, 1.82) is 0 Å². The minimum Gasteiger partial charge on any atom is -0.481 e. The van der Waals surface area contributed by atoms with Gasteiger partial charge in [-0.3, -0.25) is 4.79 Å². The summed E-state index contributed by atoms with van der Waals surface area (Å²) in [7, 11) is 2.04. The fraction of sp³-hybridized carbons (Fsp3) is 0.417. The van der Waals surface area contributed by atoms with Gasteiger partial charge in [0.05, 0.1) is 5.69 Å². The second-order valence-electron chi connectivity index (χ2n) is 4.09. The van der Waals surface area contributed by atoms with Gasteiger partial charge in [0.2, 0.25) is 0 Å². The Kier molecular flexibility index (Phi) is 3.99. The van der Waals surface area contributed by atoms with Gasteiger partial charge in [0, 0.05) is 34.6 Å². The summed E-state index contributed by atoms with van der Waals surface area (Å²) in [5.74, 6) is 0.231. The van der Waals surface area contributed by atoms with Gasteiger partial charge < -0.3 is 10.0 Å². The van der Waals surface area contributed by atoms with Crippen molar-refractivity contribution in [2.24, 2.45) is 0 Å². The number of thioether (sulfide) groups is 1. The van der Waals surface area contributed by atoms with Crippen LogP contribution in [0.3, 0.4) is 0 Å². The minimum absolute atomic E-state index is 0.232. The molecule has 1 aliphatic heterocycles. The third kappa shape index (κ3) is 2.77. The van der Waals surface area contributed by atoms with Crippen LogP contribution in [-0.4, -0.2) is 29.9 Å². The zero-order valence-electron chi connectivity index (χ0n) is 9.52. The Balaban J connectivity index is 2.17. The van der Waals surface area contributed by atoms with Crippen molar-refractivity contribution in [3.8, 4) is 0 Å². The number of hydrogen-bond donors (Lipinski definition) is 1. The second-order valence-corrected chi connectivity index (χ2v) is 6.01.